The van der Waals surface area contributed by atoms with Crippen molar-refractivity contribution in [2.45, 2.75) is 12.8 Å². The smallest absolute Gasteiger partial charge is 0.0992 e. The summed E-state index contributed by atoms with van der Waals surface area (Å²) in [7, 11) is 0. The highest BCUT2D eigenvalue weighted by Crippen LogP contribution is 2.37. The van der Waals surface area contributed by atoms with Crippen LogP contribution < -0.4 is 0 Å². The van der Waals surface area contributed by atoms with Crippen molar-refractivity contribution in [3.8, 4) is 29.6 Å². The molecular formula is C46H29N5. The van der Waals surface area contributed by atoms with Crippen molar-refractivity contribution in [3.63, 3.8) is 0 Å². The van der Waals surface area contributed by atoms with E-state index in [9.17, 15) is 15.8 Å². The SMILES string of the molecule is N#Cc1cc(C2=CC(Cc3ccccc3-n3c4ccccc4c4cc(C#N)ccc43)CC=C2)cc(-n2c3ccccc3c3cc(C#N)ccc32)c1. The third-order valence-corrected chi connectivity index (χ3v) is 10.1. The Hall–Kier alpha value is -7.13. The molecule has 6 aromatic carbocycles. The largest absolute Gasteiger partial charge is 0.309 e. The van der Waals surface area contributed by atoms with E-state index < -0.39 is 0 Å². The standard InChI is InChI=1S/C46H29N5/c47-27-31-16-18-45-40(24-31)38-11-2-5-14-43(38)50(45)37-23-33(29-49)22-36(26-37)34-10-7-8-30(20-34)21-35-9-1-4-13-42(35)51-44-15-6-3-12-39(44)41-25-32(28-48)17-19-46(41)51/h1-7,9-20,22-26,30H,8,21H2. The predicted octanol–water partition coefficient (Wildman–Crippen LogP) is 10.7. The number of hydrogen-bond donors (Lipinski definition) is 0. The van der Waals surface area contributed by atoms with Crippen molar-refractivity contribution in [2.24, 2.45) is 5.92 Å². The number of para-hydroxylation sites is 3. The quantitative estimate of drug-likeness (QED) is 0.186. The third kappa shape index (κ3) is 4.98. The summed E-state index contributed by atoms with van der Waals surface area (Å²) < 4.78 is 4.53. The molecule has 0 radical (unpaired) electrons. The molecule has 8 aromatic rings. The molecule has 1 atom stereocenters. The summed E-state index contributed by atoms with van der Waals surface area (Å²) in [5.74, 6) is 0.247. The number of nitrogens with zero attached hydrogens (tertiary/aromatic N) is 5. The normalized spacial score (nSPS) is 14.1. The van der Waals surface area contributed by atoms with E-state index >= 15 is 0 Å². The molecule has 0 aliphatic heterocycles. The first-order chi connectivity index (χ1) is 25.1. The first kappa shape index (κ1) is 30.0. The summed E-state index contributed by atoms with van der Waals surface area (Å²) in [6, 6.07) is 50.1. The van der Waals surface area contributed by atoms with Crippen LogP contribution in [0, 0.1) is 39.9 Å². The summed E-state index contributed by atoms with van der Waals surface area (Å²) in [6.07, 6.45) is 8.53. The Balaban J connectivity index is 1.13. The summed E-state index contributed by atoms with van der Waals surface area (Å²) in [5.41, 5.74) is 11.5. The van der Waals surface area contributed by atoms with Crippen molar-refractivity contribution in [3.05, 3.63) is 173 Å². The van der Waals surface area contributed by atoms with Crippen LogP contribution in [0.3, 0.4) is 0 Å². The minimum absolute atomic E-state index is 0.247. The van der Waals surface area contributed by atoms with Crippen molar-refractivity contribution in [1.29, 1.82) is 15.8 Å². The molecule has 51 heavy (non-hydrogen) atoms. The second kappa shape index (κ2) is 12.1. The highest BCUT2D eigenvalue weighted by atomic mass is 15.0. The van der Waals surface area contributed by atoms with Crippen LogP contribution in [0.25, 0.3) is 60.6 Å². The van der Waals surface area contributed by atoms with Crippen LogP contribution in [0.1, 0.15) is 34.2 Å². The number of rotatable bonds is 5. The van der Waals surface area contributed by atoms with Gasteiger partial charge in [0.15, 0.2) is 0 Å². The average Bonchev–Trinajstić information content (AvgIpc) is 3.70. The van der Waals surface area contributed by atoms with Crippen LogP contribution in [0.2, 0.25) is 0 Å². The Labute approximate surface area is 295 Å². The van der Waals surface area contributed by atoms with Gasteiger partial charge in [0.1, 0.15) is 0 Å². The molecule has 0 saturated heterocycles. The molecule has 0 fully saturated rings. The Morgan fingerprint density at radius 3 is 1.82 bits per heavy atom. The van der Waals surface area contributed by atoms with Gasteiger partial charge in [0.2, 0.25) is 0 Å². The van der Waals surface area contributed by atoms with Gasteiger partial charge in [0.25, 0.3) is 0 Å². The zero-order valence-electron chi connectivity index (χ0n) is 27.6. The summed E-state index contributed by atoms with van der Waals surface area (Å²) in [4.78, 5) is 0. The minimum Gasteiger partial charge on any atom is -0.309 e. The molecule has 0 saturated carbocycles. The predicted molar refractivity (Wildman–Crippen MR) is 205 cm³/mol. The Kier molecular flexibility index (Phi) is 7.10. The van der Waals surface area contributed by atoms with E-state index in [1.807, 2.05) is 54.6 Å². The molecule has 1 aliphatic carbocycles. The summed E-state index contributed by atoms with van der Waals surface area (Å²) >= 11 is 0. The monoisotopic (exact) mass is 651 g/mol. The van der Waals surface area contributed by atoms with E-state index in [2.05, 4.69) is 118 Å². The molecule has 9 rings (SSSR count). The van der Waals surface area contributed by atoms with E-state index in [1.165, 1.54) is 5.56 Å². The van der Waals surface area contributed by atoms with E-state index in [1.54, 1.807) is 0 Å². The van der Waals surface area contributed by atoms with Crippen LogP contribution in [0.5, 0.6) is 0 Å². The number of nitriles is 3. The van der Waals surface area contributed by atoms with Gasteiger partial charge in [-0.3, -0.25) is 0 Å². The lowest BCUT2D eigenvalue weighted by molar-refractivity contribution is 0.654. The first-order valence-corrected chi connectivity index (χ1v) is 17.0. The van der Waals surface area contributed by atoms with Gasteiger partial charge in [-0.1, -0.05) is 72.8 Å². The average molecular weight is 652 g/mol. The van der Waals surface area contributed by atoms with Gasteiger partial charge in [0, 0.05) is 32.9 Å². The third-order valence-electron chi connectivity index (χ3n) is 10.1. The molecule has 1 unspecified atom stereocenters. The second-order valence-corrected chi connectivity index (χ2v) is 13.1. The van der Waals surface area contributed by atoms with E-state index in [4.69, 9.17) is 0 Å². The topological polar surface area (TPSA) is 81.2 Å². The van der Waals surface area contributed by atoms with Crippen LogP contribution in [-0.2, 0) is 6.42 Å². The molecule has 0 spiro atoms. The van der Waals surface area contributed by atoms with Crippen molar-refractivity contribution in [2.75, 3.05) is 0 Å². The van der Waals surface area contributed by atoms with Crippen LogP contribution in [-0.4, -0.2) is 9.13 Å². The number of fused-ring (bicyclic) bond motifs is 6. The summed E-state index contributed by atoms with van der Waals surface area (Å²) in [5, 5.41) is 33.7. The van der Waals surface area contributed by atoms with Gasteiger partial charge in [-0.15, -0.1) is 0 Å². The van der Waals surface area contributed by atoms with Gasteiger partial charge < -0.3 is 9.13 Å². The molecule has 5 nitrogen and oxygen atoms in total. The highest BCUT2D eigenvalue weighted by molar-refractivity contribution is 6.10. The molecule has 5 heteroatoms. The van der Waals surface area contributed by atoms with Gasteiger partial charge >= 0.3 is 0 Å². The molecule has 0 amide bonds. The number of hydrogen-bond acceptors (Lipinski definition) is 3. The van der Waals surface area contributed by atoms with E-state index in [-0.39, 0.29) is 5.92 Å². The number of benzene rings is 6. The number of aromatic nitrogens is 2. The number of allylic oxidation sites excluding steroid dienone is 4. The van der Waals surface area contributed by atoms with Gasteiger partial charge in [-0.05, 0) is 108 Å². The van der Waals surface area contributed by atoms with Crippen LogP contribution in [0.4, 0.5) is 0 Å². The second-order valence-electron chi connectivity index (χ2n) is 13.1. The van der Waals surface area contributed by atoms with Crippen LogP contribution >= 0.6 is 0 Å². The lowest BCUT2D eigenvalue weighted by Gasteiger charge is -2.20. The van der Waals surface area contributed by atoms with Crippen molar-refractivity contribution >= 4 is 49.2 Å². The maximum atomic E-state index is 10.2. The van der Waals surface area contributed by atoms with E-state index in [0.29, 0.717) is 16.7 Å². The fraction of sp³-hybridized carbons (Fsp3) is 0.0652. The fourth-order valence-electron chi connectivity index (χ4n) is 7.86. The molecular weight excluding hydrogens is 623 g/mol. The molecule has 0 bridgehead atoms. The van der Waals surface area contributed by atoms with Gasteiger partial charge in [-0.2, -0.15) is 15.8 Å². The van der Waals surface area contributed by atoms with E-state index in [0.717, 1.165) is 79.0 Å². The lowest BCUT2D eigenvalue weighted by atomic mass is 9.87. The molecule has 0 N–H and O–H groups in total. The van der Waals surface area contributed by atoms with Gasteiger partial charge in [0.05, 0.1) is 57.0 Å². The maximum Gasteiger partial charge on any atom is 0.0992 e. The summed E-state index contributed by atoms with van der Waals surface area (Å²) in [6.45, 7) is 0. The molecule has 1 aliphatic rings. The molecule has 2 heterocycles. The Morgan fingerprint density at radius 2 is 1.14 bits per heavy atom. The van der Waals surface area contributed by atoms with Crippen LogP contribution in [0.15, 0.2) is 146 Å². The molecule has 2 aromatic heterocycles. The van der Waals surface area contributed by atoms with Gasteiger partial charge in [-0.25, -0.2) is 0 Å². The Bertz CT molecular complexity index is 2910. The zero-order chi connectivity index (χ0) is 34.5. The molecule has 238 valence electrons. The van der Waals surface area contributed by atoms with Crippen molar-refractivity contribution in [1.82, 2.24) is 9.13 Å². The zero-order valence-corrected chi connectivity index (χ0v) is 27.6. The lowest BCUT2D eigenvalue weighted by Crippen LogP contribution is -2.08. The fourth-order valence-corrected chi connectivity index (χ4v) is 7.86. The highest BCUT2D eigenvalue weighted by Gasteiger charge is 2.20. The Morgan fingerprint density at radius 1 is 0.549 bits per heavy atom. The van der Waals surface area contributed by atoms with Crippen molar-refractivity contribution < 1.29 is 0 Å². The maximum absolute atomic E-state index is 10.2. The first-order valence-electron chi connectivity index (χ1n) is 17.0. The minimum atomic E-state index is 0.247.